The Bertz CT molecular complexity index is 1200. The van der Waals surface area contributed by atoms with Crippen molar-refractivity contribution < 1.29 is 29.1 Å². The summed E-state index contributed by atoms with van der Waals surface area (Å²) in [4.78, 5) is 40.9. The fraction of sp³-hybridized carbons (Fsp3) is 0.333. The number of aliphatic hydroxyl groups is 1. The second-order valence-electron chi connectivity index (χ2n) is 8.78. The van der Waals surface area contributed by atoms with E-state index in [1.54, 1.807) is 36.4 Å². The fourth-order valence-corrected chi connectivity index (χ4v) is 4.57. The quantitative estimate of drug-likeness (QED) is 0.130. The lowest BCUT2D eigenvalue weighted by molar-refractivity contribution is -0.384. The monoisotopic (exact) mass is 507 g/mol. The third-order valence-electron chi connectivity index (χ3n) is 6.41. The van der Waals surface area contributed by atoms with Crippen molar-refractivity contribution in [3.8, 4) is 5.75 Å². The molecular weight excluding hydrogens is 478 g/mol. The minimum absolute atomic E-state index is 0.100. The van der Waals surface area contributed by atoms with Gasteiger partial charge in [0, 0.05) is 43.9 Å². The number of aliphatic hydroxyl groups excluding tert-OH is 1. The van der Waals surface area contributed by atoms with Gasteiger partial charge in [0.05, 0.1) is 29.8 Å². The summed E-state index contributed by atoms with van der Waals surface area (Å²) in [6.45, 7) is 7.75. The third-order valence-corrected chi connectivity index (χ3v) is 6.41. The van der Waals surface area contributed by atoms with Gasteiger partial charge in [0.15, 0.2) is 0 Å². The predicted octanol–water partition coefficient (Wildman–Crippen LogP) is 3.30. The number of Topliss-reactive ketones (excluding diaryl/α,β-unsaturated/α-hetero) is 1. The first-order valence-electron chi connectivity index (χ1n) is 12.1. The Hall–Kier alpha value is -4.02. The van der Waals surface area contributed by atoms with Crippen LogP contribution >= 0.6 is 0 Å². The molecule has 0 spiro atoms. The summed E-state index contributed by atoms with van der Waals surface area (Å²) in [5, 5.41) is 22.6. The minimum Gasteiger partial charge on any atom is -0.507 e. The van der Waals surface area contributed by atoms with E-state index in [2.05, 4.69) is 11.5 Å². The average Bonchev–Trinajstić information content (AvgIpc) is 3.17. The van der Waals surface area contributed by atoms with Gasteiger partial charge >= 0.3 is 0 Å². The van der Waals surface area contributed by atoms with E-state index in [1.165, 1.54) is 23.1 Å². The van der Waals surface area contributed by atoms with Crippen molar-refractivity contribution in [1.82, 2.24) is 9.80 Å². The smallest absolute Gasteiger partial charge is 0.295 e. The molecule has 2 saturated heterocycles. The second-order valence-corrected chi connectivity index (χ2v) is 8.78. The maximum Gasteiger partial charge on any atom is 0.295 e. The molecule has 0 saturated carbocycles. The Kier molecular flexibility index (Phi) is 8.32. The lowest BCUT2D eigenvalue weighted by Gasteiger charge is -2.29. The van der Waals surface area contributed by atoms with Gasteiger partial charge in [-0.25, -0.2) is 0 Å². The standard InChI is InChI=1S/C27H29N3O7/c1-2-15-37-22-9-7-19(8-10-22)25(31)23-24(20-5-3-6-21(18-20)30(34)35)29(27(33)26(23)32)12-4-11-28-13-16-36-17-14-28/h2-3,5-10,18,24,31H,1,4,11-17H2/b25-23+/t24-/m0/s1. The van der Waals surface area contributed by atoms with Gasteiger partial charge in [-0.1, -0.05) is 24.8 Å². The van der Waals surface area contributed by atoms with Crippen molar-refractivity contribution in [2.45, 2.75) is 12.5 Å². The van der Waals surface area contributed by atoms with Crippen molar-refractivity contribution >= 4 is 23.1 Å². The molecule has 10 nitrogen and oxygen atoms in total. The van der Waals surface area contributed by atoms with Crippen molar-refractivity contribution in [2.75, 3.05) is 46.0 Å². The average molecular weight is 508 g/mol. The molecule has 37 heavy (non-hydrogen) atoms. The van der Waals surface area contributed by atoms with Crippen LogP contribution in [0.15, 0.2) is 66.8 Å². The molecule has 2 aromatic rings. The fourth-order valence-electron chi connectivity index (χ4n) is 4.57. The molecule has 194 valence electrons. The molecule has 0 aliphatic carbocycles. The van der Waals surface area contributed by atoms with Gasteiger partial charge in [0.2, 0.25) is 0 Å². The third kappa shape index (κ3) is 5.87. The number of non-ortho nitro benzene ring substituents is 1. The number of nitro benzene ring substituents is 1. The summed E-state index contributed by atoms with van der Waals surface area (Å²) >= 11 is 0. The van der Waals surface area contributed by atoms with E-state index in [9.17, 15) is 24.8 Å². The maximum atomic E-state index is 13.2. The minimum atomic E-state index is -0.957. The largest absolute Gasteiger partial charge is 0.507 e. The Balaban J connectivity index is 1.68. The van der Waals surface area contributed by atoms with Crippen molar-refractivity contribution in [2.24, 2.45) is 0 Å². The maximum absolute atomic E-state index is 13.2. The number of ether oxygens (including phenoxy) is 2. The summed E-state index contributed by atoms with van der Waals surface area (Å²) in [6, 6.07) is 11.3. The highest BCUT2D eigenvalue weighted by Crippen LogP contribution is 2.40. The van der Waals surface area contributed by atoms with E-state index < -0.39 is 22.7 Å². The molecule has 10 heteroatoms. The summed E-state index contributed by atoms with van der Waals surface area (Å²) in [5.41, 5.74) is 0.441. The number of likely N-dealkylation sites (tertiary alicyclic amines) is 1. The van der Waals surface area contributed by atoms with Crippen LogP contribution in [0.1, 0.15) is 23.6 Å². The van der Waals surface area contributed by atoms with E-state index in [1.807, 2.05) is 0 Å². The molecule has 0 bridgehead atoms. The molecule has 2 aliphatic rings. The summed E-state index contributed by atoms with van der Waals surface area (Å²) in [7, 11) is 0. The molecule has 2 fully saturated rings. The Morgan fingerprint density at radius 2 is 1.89 bits per heavy atom. The first-order chi connectivity index (χ1) is 17.9. The highest BCUT2D eigenvalue weighted by molar-refractivity contribution is 6.46. The Morgan fingerprint density at radius 1 is 1.16 bits per heavy atom. The molecule has 0 aromatic heterocycles. The number of hydrogen-bond acceptors (Lipinski definition) is 8. The number of hydrogen-bond donors (Lipinski definition) is 1. The van der Waals surface area contributed by atoms with Crippen LogP contribution in [-0.4, -0.2) is 77.5 Å². The molecule has 2 heterocycles. The van der Waals surface area contributed by atoms with E-state index in [0.29, 0.717) is 49.7 Å². The van der Waals surface area contributed by atoms with Crippen LogP contribution in [0.3, 0.4) is 0 Å². The number of benzene rings is 2. The molecule has 1 N–H and O–H groups in total. The summed E-state index contributed by atoms with van der Waals surface area (Å²) in [5.74, 6) is -1.37. The van der Waals surface area contributed by atoms with E-state index >= 15 is 0 Å². The summed E-state index contributed by atoms with van der Waals surface area (Å²) < 4.78 is 10.8. The zero-order valence-electron chi connectivity index (χ0n) is 20.4. The van der Waals surface area contributed by atoms with Crippen LogP contribution < -0.4 is 4.74 Å². The zero-order chi connectivity index (χ0) is 26.4. The topological polar surface area (TPSA) is 122 Å². The van der Waals surface area contributed by atoms with Crippen LogP contribution in [0.2, 0.25) is 0 Å². The molecule has 2 aliphatic heterocycles. The van der Waals surface area contributed by atoms with Gasteiger partial charge < -0.3 is 19.5 Å². The number of ketones is 1. The van der Waals surface area contributed by atoms with Crippen molar-refractivity contribution in [3.05, 3.63) is 88.0 Å². The molecule has 2 aromatic carbocycles. The molecule has 0 radical (unpaired) electrons. The van der Waals surface area contributed by atoms with Crippen LogP contribution in [0, 0.1) is 10.1 Å². The molecule has 4 rings (SSSR count). The number of nitrogens with zero attached hydrogens (tertiary/aromatic N) is 3. The molecule has 1 atom stereocenters. The van der Waals surface area contributed by atoms with Crippen LogP contribution in [0.25, 0.3) is 5.76 Å². The number of carbonyl (C=O) groups excluding carboxylic acids is 2. The van der Waals surface area contributed by atoms with Crippen LogP contribution in [0.5, 0.6) is 5.75 Å². The number of amides is 1. The number of rotatable bonds is 10. The Morgan fingerprint density at radius 3 is 2.57 bits per heavy atom. The van der Waals surface area contributed by atoms with Gasteiger partial charge in [-0.05, 0) is 36.2 Å². The van der Waals surface area contributed by atoms with Gasteiger partial charge in [-0.15, -0.1) is 0 Å². The highest BCUT2D eigenvalue weighted by atomic mass is 16.6. The van der Waals surface area contributed by atoms with Gasteiger partial charge in [-0.2, -0.15) is 0 Å². The van der Waals surface area contributed by atoms with Crippen LogP contribution in [-0.2, 0) is 14.3 Å². The van der Waals surface area contributed by atoms with Gasteiger partial charge in [0.25, 0.3) is 17.4 Å². The lowest BCUT2D eigenvalue weighted by Crippen LogP contribution is -2.39. The Labute approximate surface area is 214 Å². The van der Waals surface area contributed by atoms with Gasteiger partial charge in [-0.3, -0.25) is 24.6 Å². The number of carbonyl (C=O) groups is 2. The normalized spacial score (nSPS) is 19.7. The SMILES string of the molecule is C=CCOc1ccc(/C(O)=C2\C(=O)C(=O)N(CCCN3CCOCC3)[C@H]2c2cccc([N+](=O)[O-])c2)cc1. The first-order valence-corrected chi connectivity index (χ1v) is 12.1. The second kappa shape index (κ2) is 11.8. The molecule has 1 amide bonds. The lowest BCUT2D eigenvalue weighted by atomic mass is 9.95. The van der Waals surface area contributed by atoms with E-state index in [-0.39, 0.29) is 23.6 Å². The molecule has 0 unspecified atom stereocenters. The van der Waals surface area contributed by atoms with E-state index in [0.717, 1.165) is 13.1 Å². The summed E-state index contributed by atoms with van der Waals surface area (Å²) in [6.07, 6.45) is 2.20. The zero-order valence-corrected chi connectivity index (χ0v) is 20.4. The molecular formula is C27H29N3O7. The first kappa shape index (κ1) is 26.1. The van der Waals surface area contributed by atoms with Crippen molar-refractivity contribution in [3.63, 3.8) is 0 Å². The number of morpholine rings is 1. The van der Waals surface area contributed by atoms with Crippen LogP contribution in [0.4, 0.5) is 5.69 Å². The van der Waals surface area contributed by atoms with Gasteiger partial charge in [0.1, 0.15) is 18.1 Å². The highest BCUT2D eigenvalue weighted by Gasteiger charge is 2.46. The van der Waals surface area contributed by atoms with Crippen molar-refractivity contribution in [1.29, 1.82) is 0 Å². The predicted molar refractivity (Wildman–Crippen MR) is 136 cm³/mol. The number of nitro groups is 1. The van der Waals surface area contributed by atoms with E-state index in [4.69, 9.17) is 9.47 Å².